The lowest BCUT2D eigenvalue weighted by molar-refractivity contribution is 0.332. The van der Waals surface area contributed by atoms with Crippen LogP contribution in [0.15, 0.2) is 259 Å². The second kappa shape index (κ2) is 39.0. The molecule has 0 atom stereocenters. The largest absolute Gasteiger partial charge is 0.356 e. The zero-order valence-electron chi connectivity index (χ0n) is 88.8. The number of para-hydroxylation sites is 2. The van der Waals surface area contributed by atoms with Gasteiger partial charge in [0.25, 0.3) is 0 Å². The van der Waals surface area contributed by atoms with Crippen molar-refractivity contribution in [2.45, 2.75) is 329 Å². The topological polar surface area (TPSA) is 30.5 Å². The van der Waals surface area contributed by atoms with E-state index < -0.39 is 8.07 Å². The van der Waals surface area contributed by atoms with E-state index in [1.807, 2.05) is 31.2 Å². The highest BCUT2D eigenvalue weighted by atomic mass is 79.9. The van der Waals surface area contributed by atoms with E-state index in [0.717, 1.165) is 55.3 Å². The molecule has 0 fully saturated rings. The molecule has 0 unspecified atom stereocenters. The number of rotatable bonds is 10. The third kappa shape index (κ3) is 20.8. The Bertz CT molecular complexity index is 6340. The average molecular weight is 2080 g/mol. The van der Waals surface area contributed by atoms with Gasteiger partial charge in [-0.3, -0.25) is 0 Å². The summed E-state index contributed by atoms with van der Waals surface area (Å²) in [5.74, 6) is 0. The third-order valence-electron chi connectivity index (χ3n) is 33.6. The van der Waals surface area contributed by atoms with E-state index in [0.29, 0.717) is 30.1 Å². The van der Waals surface area contributed by atoms with Gasteiger partial charge < -0.3 is 20.4 Å². The molecule has 12 heteroatoms. The van der Waals surface area contributed by atoms with E-state index >= 15 is 0 Å². The smallest absolute Gasteiger partial charge is 0.183 e. The fraction of sp³-hybridized carbons (Fsp3) is 0.395. The van der Waals surface area contributed by atoms with E-state index in [2.05, 4.69) is 447 Å². The molecule has 6 aliphatic carbocycles. The minimum absolute atomic E-state index is 0.114. The Morgan fingerprint density at radius 2 is 0.475 bits per heavy atom. The van der Waals surface area contributed by atoms with Gasteiger partial charge in [0.05, 0.1) is 41.5 Å². The quantitative estimate of drug-likeness (QED) is 0.106. The van der Waals surface area contributed by atoms with Crippen molar-refractivity contribution >= 4 is 171 Å². The zero-order chi connectivity index (χ0) is 102. The van der Waals surface area contributed by atoms with Gasteiger partial charge in [-0.1, -0.05) is 369 Å². The van der Waals surface area contributed by atoms with E-state index in [4.69, 9.17) is 69.6 Å². The molecular weight excluding hydrogens is 1930 g/mol. The van der Waals surface area contributed by atoms with Crippen LogP contribution in [-0.4, -0.2) is 8.07 Å². The molecule has 13 aromatic rings. The van der Waals surface area contributed by atoms with Crippen molar-refractivity contribution in [2.24, 2.45) is 0 Å². The summed E-state index contributed by atoms with van der Waals surface area (Å²) < 4.78 is 0.846. The maximum Gasteiger partial charge on any atom is 0.183 e. The molecule has 1 aliphatic heterocycles. The van der Waals surface area contributed by atoms with Crippen LogP contribution >= 0.6 is 85.5 Å². The molecule has 141 heavy (non-hydrogen) atoms. The number of halogens is 7. The van der Waals surface area contributed by atoms with Crippen molar-refractivity contribution < 1.29 is 0 Å². The van der Waals surface area contributed by atoms with Crippen molar-refractivity contribution in [2.75, 3.05) is 20.4 Å². The van der Waals surface area contributed by atoms with E-state index in [1.165, 1.54) is 187 Å². The summed E-state index contributed by atoms with van der Waals surface area (Å²) in [6, 6.07) is 94.0. The van der Waals surface area contributed by atoms with Crippen molar-refractivity contribution in [3.05, 3.63) is 373 Å². The standard InChI is InChI=1S/2C35H43Cl2N.C28H39N.C24H19NSi.C7H5BrCl2/c2*1-22-18-29(36)31(37)30(19-22)38(23-10-12-25-27(20-23)34(6,7)16-14-32(25,2)3)24-11-13-26-28(21-24)35(8,9)17-15-33(26,4)5;1-25(2)13-15-27(5,6)23-17-19(9-11-21(23)25)29-20-10-12-22-24(18-20)28(7,8)16-14-26(22,3)4;1-3-11-19(12-4-1)26(20-13-5-2-6-14-20)23-17-9-7-15-21(23)25-22-16-8-10-18-24(22)26;1-4-2-5(8)7(10)6(9)3-4/h2*10-13,18-21H,14-17H2,1-9H3;9-12,17-18,29H,13-16H2,1-8H3;1-18,25H;2-3H,1H3. The molecule has 0 bridgehead atoms. The predicted octanol–water partition coefficient (Wildman–Crippen LogP) is 38.3. The summed E-state index contributed by atoms with van der Waals surface area (Å²) in [5.41, 5.74) is 34.3. The highest BCUT2D eigenvalue weighted by molar-refractivity contribution is 9.10. The minimum atomic E-state index is -2.34. The van der Waals surface area contributed by atoms with Crippen LogP contribution in [0.1, 0.15) is 327 Å². The zero-order valence-corrected chi connectivity index (χ0v) is 95.9. The second-order valence-electron chi connectivity index (χ2n) is 49.7. The molecule has 0 saturated heterocycles. The number of hydrogen-bond donors (Lipinski definition) is 2. The van der Waals surface area contributed by atoms with Crippen molar-refractivity contribution in [1.82, 2.24) is 0 Å². The number of benzene rings is 13. The van der Waals surface area contributed by atoms with Gasteiger partial charge in [-0.2, -0.15) is 0 Å². The first kappa shape index (κ1) is 105. The number of nitrogens with zero attached hydrogens (tertiary/aromatic N) is 2. The maximum atomic E-state index is 6.98. The van der Waals surface area contributed by atoms with Crippen LogP contribution in [0.5, 0.6) is 0 Å². The number of nitrogens with one attached hydrogen (secondary N) is 2. The Morgan fingerprint density at radius 1 is 0.248 bits per heavy atom. The summed E-state index contributed by atoms with van der Waals surface area (Å²) in [5, 5.41) is 16.6. The molecule has 0 radical (unpaired) electrons. The monoisotopic (exact) mass is 2070 g/mol. The Balaban J connectivity index is 0.000000132. The Kier molecular flexibility index (Phi) is 29.2. The SMILES string of the molecule is CC1(C)CCC(C)(C)c2cc(Nc3ccc4c(c3)C(C)(C)CCC4(C)C)ccc21.Cc1cc(Cl)c(Cl)c(Br)c1.Cc1cc(Cl)c(Cl)c(N(c2ccc3c(c2)C(C)(C)CCC3(C)C)c2ccc3c(c2)C(C)(C)CCC3(C)C)c1.Cc1cc(Cl)c(Cl)c(N(c2ccc3c(c2)C(C)(C)CCC3(C)C)c2ccc3c(c2)C(C)(C)CCC3(C)C)c1.c1ccc([Si]2(c3ccccc3)c3ccccc3Nc3ccccc32)cc1. The average Bonchev–Trinajstić information content (AvgIpc) is 0.707. The van der Waals surface area contributed by atoms with Crippen molar-refractivity contribution in [1.29, 1.82) is 0 Å². The van der Waals surface area contributed by atoms with Crippen LogP contribution in [0, 0.1) is 20.8 Å². The highest BCUT2D eigenvalue weighted by Gasteiger charge is 2.49. The summed E-state index contributed by atoms with van der Waals surface area (Å²) in [4.78, 5) is 4.66. The van der Waals surface area contributed by atoms with Crippen LogP contribution in [-0.2, 0) is 65.0 Å². The van der Waals surface area contributed by atoms with Crippen molar-refractivity contribution in [3.63, 3.8) is 0 Å². The van der Waals surface area contributed by atoms with Crippen LogP contribution in [0.4, 0.5) is 56.9 Å². The number of anilines is 10. The summed E-state index contributed by atoms with van der Waals surface area (Å²) in [7, 11) is -2.34. The van der Waals surface area contributed by atoms with E-state index in [-0.39, 0.29) is 65.0 Å². The Morgan fingerprint density at radius 3 is 0.745 bits per heavy atom. The first-order valence-corrected chi connectivity index (χ1v) is 56.3. The number of aryl methyl sites for hydroxylation is 3. The van der Waals surface area contributed by atoms with Crippen LogP contribution in [0.3, 0.4) is 0 Å². The first-order chi connectivity index (χ1) is 65.9. The molecular formula is C129H149BrCl6N4Si. The predicted molar refractivity (Wildman–Crippen MR) is 622 cm³/mol. The van der Waals surface area contributed by atoms with Crippen LogP contribution in [0.2, 0.25) is 30.1 Å². The summed E-state index contributed by atoms with van der Waals surface area (Å²) in [6.45, 7) is 63.4. The van der Waals surface area contributed by atoms with Crippen LogP contribution < -0.4 is 41.2 Å². The lowest BCUT2D eigenvalue weighted by Gasteiger charge is -2.43. The van der Waals surface area contributed by atoms with Gasteiger partial charge >= 0.3 is 0 Å². The van der Waals surface area contributed by atoms with Crippen molar-refractivity contribution in [3.8, 4) is 0 Å². The fourth-order valence-electron chi connectivity index (χ4n) is 23.9. The number of hydrogen-bond acceptors (Lipinski definition) is 4. The molecule has 7 aliphatic rings. The third-order valence-corrected chi connectivity index (χ3v) is 41.8. The summed E-state index contributed by atoms with van der Waals surface area (Å²) >= 11 is 42.1. The molecule has 20 rings (SSSR count). The Labute approximate surface area is 885 Å². The lowest BCUT2D eigenvalue weighted by atomic mass is 9.63. The van der Waals surface area contributed by atoms with Gasteiger partial charge in [0.15, 0.2) is 8.07 Å². The minimum Gasteiger partial charge on any atom is -0.356 e. The first-order valence-electron chi connectivity index (χ1n) is 51.3. The van der Waals surface area contributed by atoms with Gasteiger partial charge in [0.2, 0.25) is 0 Å². The van der Waals surface area contributed by atoms with E-state index in [9.17, 15) is 0 Å². The highest BCUT2D eigenvalue weighted by Crippen LogP contribution is 2.58. The normalized spacial score (nSPS) is 19.0. The van der Waals surface area contributed by atoms with E-state index in [1.54, 1.807) is 0 Å². The summed E-state index contributed by atoms with van der Waals surface area (Å²) in [6.07, 6.45) is 14.5. The Hall–Kier alpha value is -8.50. The molecule has 1 heterocycles. The van der Waals surface area contributed by atoms with Gasteiger partial charge in [0, 0.05) is 50.0 Å². The molecule has 13 aromatic carbocycles. The molecule has 0 spiro atoms. The molecule has 738 valence electrons. The lowest BCUT2D eigenvalue weighted by Crippen LogP contribution is -2.76. The molecule has 0 saturated carbocycles. The van der Waals surface area contributed by atoms with Gasteiger partial charge in [0.1, 0.15) is 0 Å². The maximum absolute atomic E-state index is 6.98. The van der Waals surface area contributed by atoms with Crippen LogP contribution in [0.25, 0.3) is 0 Å². The van der Waals surface area contributed by atoms with Gasteiger partial charge in [-0.05, 0) is 404 Å². The fourth-order valence-corrected chi connectivity index (χ4v) is 31.0. The second-order valence-corrected chi connectivity index (χ2v) is 56.7. The van der Waals surface area contributed by atoms with Gasteiger partial charge in [-0.15, -0.1) is 0 Å². The molecule has 2 N–H and O–H groups in total. The molecule has 0 amide bonds. The van der Waals surface area contributed by atoms with Gasteiger partial charge in [-0.25, -0.2) is 0 Å². The molecule has 4 nitrogen and oxygen atoms in total. The molecule has 0 aromatic heterocycles. The number of fused-ring (bicyclic) bond motifs is 8.